The molecule has 1 amide bonds. The average molecular weight is 536 g/mol. The van der Waals surface area contributed by atoms with Gasteiger partial charge in [0.25, 0.3) is 0 Å². The summed E-state index contributed by atoms with van der Waals surface area (Å²) in [6, 6.07) is 11.7. The zero-order valence-corrected chi connectivity index (χ0v) is 21.1. The van der Waals surface area contributed by atoms with Gasteiger partial charge in [-0.25, -0.2) is 19.2 Å². The molecule has 1 fully saturated rings. The summed E-state index contributed by atoms with van der Waals surface area (Å²) in [5, 5.41) is 35.9. The molecule has 38 heavy (non-hydrogen) atoms. The van der Waals surface area contributed by atoms with Crippen molar-refractivity contribution in [1.29, 1.82) is 0 Å². The minimum atomic E-state index is -1.82. The number of carboxylic acid groups (broad SMARTS) is 4. The molecule has 6 N–H and O–H groups in total. The Morgan fingerprint density at radius 3 is 1.84 bits per heavy atom. The highest BCUT2D eigenvalue weighted by molar-refractivity contribution is 6.27. The van der Waals surface area contributed by atoms with Gasteiger partial charge >= 0.3 is 23.9 Å². The van der Waals surface area contributed by atoms with Gasteiger partial charge in [-0.15, -0.1) is 0 Å². The van der Waals surface area contributed by atoms with Gasteiger partial charge in [-0.1, -0.05) is 24.1 Å². The molecule has 208 valence electrons. The first kappa shape index (κ1) is 31.8. The van der Waals surface area contributed by atoms with Gasteiger partial charge in [0.15, 0.2) is 0 Å². The first-order chi connectivity index (χ1) is 17.9. The predicted molar refractivity (Wildman–Crippen MR) is 135 cm³/mol. The number of nitrogens with zero attached hydrogens (tertiary/aromatic N) is 1. The van der Waals surface area contributed by atoms with Crippen LogP contribution in [0.3, 0.4) is 0 Å². The third-order valence-electron chi connectivity index (χ3n) is 5.40. The maximum absolute atomic E-state index is 12.5. The standard InChI is InChI=1S/C21H29N3O2.2C2H2O4/c1-16-8-10-18(11-9-16)23-21(25)17(2)22-15-19(20-7-6-14-26-20)24-12-4-3-5-13-24;2*3-1(4)2(5)6/h6-11,14,17,19,22H,3-5,12-13,15H2,1-2H3,(H,23,25);2*(H,3,4)(H,5,6). The second-order valence-electron chi connectivity index (χ2n) is 8.33. The first-order valence-corrected chi connectivity index (χ1v) is 11.7. The maximum Gasteiger partial charge on any atom is 0.414 e. The number of nitrogens with one attached hydrogen (secondary N) is 2. The van der Waals surface area contributed by atoms with Crippen molar-refractivity contribution in [3.8, 4) is 0 Å². The Morgan fingerprint density at radius 1 is 0.868 bits per heavy atom. The fourth-order valence-corrected chi connectivity index (χ4v) is 3.39. The van der Waals surface area contributed by atoms with Gasteiger partial charge in [-0.3, -0.25) is 9.69 Å². The summed E-state index contributed by atoms with van der Waals surface area (Å²) in [6.45, 7) is 6.79. The van der Waals surface area contributed by atoms with Crippen LogP contribution in [0.25, 0.3) is 0 Å². The van der Waals surface area contributed by atoms with Crippen molar-refractivity contribution in [3.05, 3.63) is 54.0 Å². The number of aliphatic carboxylic acids is 4. The largest absolute Gasteiger partial charge is 0.473 e. The van der Waals surface area contributed by atoms with E-state index in [-0.39, 0.29) is 18.0 Å². The number of anilines is 1. The molecule has 13 nitrogen and oxygen atoms in total. The summed E-state index contributed by atoms with van der Waals surface area (Å²) in [4.78, 5) is 51.3. The Morgan fingerprint density at radius 2 is 1.39 bits per heavy atom. The zero-order chi connectivity index (χ0) is 28.7. The summed E-state index contributed by atoms with van der Waals surface area (Å²) in [5.74, 6) is -6.36. The number of rotatable bonds is 7. The number of carbonyl (C=O) groups excluding carboxylic acids is 1. The van der Waals surface area contributed by atoms with Gasteiger partial charge < -0.3 is 35.5 Å². The van der Waals surface area contributed by atoms with Gasteiger partial charge in [-0.2, -0.15) is 0 Å². The smallest absolute Gasteiger partial charge is 0.414 e. The molecule has 1 aliphatic rings. The lowest BCUT2D eigenvalue weighted by Crippen LogP contribution is -2.44. The van der Waals surface area contributed by atoms with Crippen LogP contribution in [0.15, 0.2) is 47.1 Å². The highest BCUT2D eigenvalue weighted by atomic mass is 16.4. The van der Waals surface area contributed by atoms with Crippen molar-refractivity contribution in [2.45, 2.75) is 45.2 Å². The predicted octanol–water partition coefficient (Wildman–Crippen LogP) is 2.04. The van der Waals surface area contributed by atoms with Crippen molar-refractivity contribution in [2.75, 3.05) is 25.0 Å². The van der Waals surface area contributed by atoms with E-state index >= 15 is 0 Å². The zero-order valence-electron chi connectivity index (χ0n) is 21.1. The van der Waals surface area contributed by atoms with E-state index in [0.29, 0.717) is 6.54 Å². The van der Waals surface area contributed by atoms with Crippen molar-refractivity contribution in [2.24, 2.45) is 0 Å². The van der Waals surface area contributed by atoms with Crippen LogP contribution in [-0.4, -0.2) is 80.8 Å². The Hall–Kier alpha value is -4.23. The molecule has 1 aromatic carbocycles. The number of furan rings is 1. The summed E-state index contributed by atoms with van der Waals surface area (Å²) in [6.07, 6.45) is 5.46. The lowest BCUT2D eigenvalue weighted by Gasteiger charge is -2.34. The average Bonchev–Trinajstić information content (AvgIpc) is 3.41. The molecular formula is C25H33N3O10. The van der Waals surface area contributed by atoms with E-state index in [0.717, 1.165) is 24.5 Å². The van der Waals surface area contributed by atoms with Crippen LogP contribution in [0.1, 0.15) is 43.6 Å². The van der Waals surface area contributed by atoms with Gasteiger partial charge in [-0.05, 0) is 64.0 Å². The number of carboxylic acids is 4. The number of aryl methyl sites for hydroxylation is 1. The number of hydrogen-bond donors (Lipinski definition) is 6. The molecule has 2 unspecified atom stereocenters. The second kappa shape index (κ2) is 16.5. The summed E-state index contributed by atoms with van der Waals surface area (Å²) >= 11 is 0. The van der Waals surface area contributed by atoms with Gasteiger partial charge in [0.05, 0.1) is 18.3 Å². The summed E-state index contributed by atoms with van der Waals surface area (Å²) in [7, 11) is 0. The van der Waals surface area contributed by atoms with Gasteiger partial charge in [0.2, 0.25) is 5.91 Å². The van der Waals surface area contributed by atoms with Gasteiger partial charge in [0.1, 0.15) is 5.76 Å². The number of hydrogen-bond acceptors (Lipinski definition) is 8. The van der Waals surface area contributed by atoms with Crippen LogP contribution in [0, 0.1) is 6.92 Å². The number of carbonyl (C=O) groups is 5. The van der Waals surface area contributed by atoms with E-state index < -0.39 is 23.9 Å². The molecule has 2 atom stereocenters. The Labute approximate surface area is 219 Å². The molecule has 0 spiro atoms. The van der Waals surface area contributed by atoms with Crippen molar-refractivity contribution in [1.82, 2.24) is 10.2 Å². The third-order valence-corrected chi connectivity index (χ3v) is 5.40. The normalized spacial score (nSPS) is 14.4. The molecule has 1 saturated heterocycles. The fraction of sp³-hybridized carbons (Fsp3) is 0.400. The number of benzene rings is 1. The van der Waals surface area contributed by atoms with Crippen LogP contribution in [0.5, 0.6) is 0 Å². The number of likely N-dealkylation sites (tertiary alicyclic amines) is 1. The third kappa shape index (κ3) is 12.1. The van der Waals surface area contributed by atoms with E-state index in [4.69, 9.17) is 44.0 Å². The molecule has 2 heterocycles. The minimum absolute atomic E-state index is 0.0225. The van der Waals surface area contributed by atoms with Crippen LogP contribution < -0.4 is 10.6 Å². The molecule has 3 rings (SSSR count). The molecule has 2 aromatic rings. The quantitative estimate of drug-likeness (QED) is 0.282. The first-order valence-electron chi connectivity index (χ1n) is 11.7. The Balaban J connectivity index is 0.000000503. The SMILES string of the molecule is Cc1ccc(NC(=O)C(C)NCC(c2ccco2)N2CCCCC2)cc1.O=C(O)C(=O)O.O=C(O)C(=O)O. The Bertz CT molecular complexity index is 1000. The molecule has 1 aromatic heterocycles. The fourth-order valence-electron chi connectivity index (χ4n) is 3.39. The maximum atomic E-state index is 12.5. The molecule has 1 aliphatic heterocycles. The molecule has 0 radical (unpaired) electrons. The Kier molecular flexibility index (Phi) is 13.8. The molecule has 0 bridgehead atoms. The minimum Gasteiger partial charge on any atom is -0.473 e. The van der Waals surface area contributed by atoms with Gasteiger partial charge in [0, 0.05) is 12.2 Å². The van der Waals surface area contributed by atoms with E-state index in [1.807, 2.05) is 50.2 Å². The number of amides is 1. The van der Waals surface area contributed by atoms with Crippen molar-refractivity contribution < 1.29 is 48.8 Å². The number of piperidine rings is 1. The molecule has 0 aliphatic carbocycles. The monoisotopic (exact) mass is 535 g/mol. The van der Waals surface area contributed by atoms with E-state index in [1.165, 1.54) is 24.8 Å². The van der Waals surface area contributed by atoms with Crippen LogP contribution >= 0.6 is 0 Å². The van der Waals surface area contributed by atoms with Crippen LogP contribution in [-0.2, 0) is 24.0 Å². The van der Waals surface area contributed by atoms with Crippen molar-refractivity contribution >= 4 is 35.5 Å². The molecular weight excluding hydrogens is 502 g/mol. The van der Waals surface area contributed by atoms with Crippen molar-refractivity contribution in [3.63, 3.8) is 0 Å². The second-order valence-corrected chi connectivity index (χ2v) is 8.33. The summed E-state index contributed by atoms with van der Waals surface area (Å²) < 4.78 is 5.67. The lowest BCUT2D eigenvalue weighted by atomic mass is 10.1. The lowest BCUT2D eigenvalue weighted by molar-refractivity contribution is -0.159. The van der Waals surface area contributed by atoms with Crippen LogP contribution in [0.4, 0.5) is 5.69 Å². The van der Waals surface area contributed by atoms with E-state index in [2.05, 4.69) is 15.5 Å². The highest BCUT2D eigenvalue weighted by Gasteiger charge is 2.25. The molecule has 0 saturated carbocycles. The topological polar surface area (TPSA) is 207 Å². The molecule has 13 heteroatoms. The highest BCUT2D eigenvalue weighted by Crippen LogP contribution is 2.24. The van der Waals surface area contributed by atoms with E-state index in [9.17, 15) is 4.79 Å². The van der Waals surface area contributed by atoms with Crippen LogP contribution in [0.2, 0.25) is 0 Å². The van der Waals surface area contributed by atoms with E-state index in [1.54, 1.807) is 6.26 Å². The summed E-state index contributed by atoms with van der Waals surface area (Å²) in [5.41, 5.74) is 2.00.